The van der Waals surface area contributed by atoms with Crippen LogP contribution in [-0.2, 0) is 14.3 Å². The molecule has 1 fully saturated rings. The Morgan fingerprint density at radius 3 is 2.59 bits per heavy atom. The van der Waals surface area contributed by atoms with E-state index in [2.05, 4.69) is 4.98 Å². The fourth-order valence-electron chi connectivity index (χ4n) is 3.69. The molecule has 170 valence electrons. The minimum atomic E-state index is -0.769. The molecule has 2 heterocycles. The van der Waals surface area contributed by atoms with E-state index in [9.17, 15) is 14.7 Å². The van der Waals surface area contributed by atoms with E-state index in [4.69, 9.17) is 14.2 Å². The highest BCUT2D eigenvalue weighted by molar-refractivity contribution is 6.46. The lowest BCUT2D eigenvalue weighted by atomic mass is 9.96. The van der Waals surface area contributed by atoms with E-state index in [0.717, 1.165) is 0 Å². The lowest BCUT2D eigenvalue weighted by molar-refractivity contribution is -0.140. The number of likely N-dealkylation sites (tertiary alicyclic amines) is 1. The number of benzene rings is 1. The maximum atomic E-state index is 13.1. The number of rotatable bonds is 9. The van der Waals surface area contributed by atoms with E-state index >= 15 is 0 Å². The molecule has 0 aliphatic carbocycles. The summed E-state index contributed by atoms with van der Waals surface area (Å²) in [7, 11) is 2.97. The van der Waals surface area contributed by atoms with Crippen molar-refractivity contribution >= 4 is 17.4 Å². The summed E-state index contributed by atoms with van der Waals surface area (Å²) in [5, 5.41) is 11.2. The average molecular weight is 440 g/mol. The lowest BCUT2D eigenvalue weighted by Crippen LogP contribution is -2.31. The van der Waals surface area contributed by atoms with Crippen LogP contribution in [0.5, 0.6) is 11.5 Å². The number of carbonyl (C=O) groups excluding carboxylic acids is 2. The van der Waals surface area contributed by atoms with Gasteiger partial charge in [-0.2, -0.15) is 0 Å². The van der Waals surface area contributed by atoms with Crippen LogP contribution in [0.25, 0.3) is 5.76 Å². The monoisotopic (exact) mass is 440 g/mol. The molecule has 0 bridgehead atoms. The van der Waals surface area contributed by atoms with Crippen LogP contribution in [0.15, 0.2) is 48.3 Å². The van der Waals surface area contributed by atoms with Crippen LogP contribution in [0, 0.1) is 0 Å². The summed E-state index contributed by atoms with van der Waals surface area (Å²) in [6.45, 7) is 4.62. The van der Waals surface area contributed by atoms with Gasteiger partial charge >= 0.3 is 0 Å². The number of carbonyl (C=O) groups is 2. The first-order valence-electron chi connectivity index (χ1n) is 10.4. The molecule has 1 aromatic heterocycles. The third kappa shape index (κ3) is 4.75. The van der Waals surface area contributed by atoms with Gasteiger partial charge in [0, 0.05) is 31.6 Å². The zero-order chi connectivity index (χ0) is 23.3. The SMILES string of the molecule is COc1ccc(/C(O)=C2/C(=O)C(=O)N(CCCOC(C)C)C2c2cccnc2)c(OC)c1. The fourth-order valence-corrected chi connectivity index (χ4v) is 3.69. The van der Waals surface area contributed by atoms with Gasteiger partial charge in [-0.1, -0.05) is 6.07 Å². The minimum absolute atomic E-state index is 0.00348. The third-order valence-corrected chi connectivity index (χ3v) is 5.20. The lowest BCUT2D eigenvalue weighted by Gasteiger charge is -2.25. The van der Waals surface area contributed by atoms with Crippen molar-refractivity contribution in [2.24, 2.45) is 0 Å². The molecule has 1 unspecified atom stereocenters. The molecule has 8 nitrogen and oxygen atoms in total. The van der Waals surface area contributed by atoms with Crippen molar-refractivity contribution in [1.82, 2.24) is 9.88 Å². The Morgan fingerprint density at radius 1 is 1.19 bits per heavy atom. The molecule has 32 heavy (non-hydrogen) atoms. The molecule has 1 atom stereocenters. The number of nitrogens with zero attached hydrogens (tertiary/aromatic N) is 2. The summed E-state index contributed by atoms with van der Waals surface area (Å²) in [5.41, 5.74) is 0.921. The normalized spacial score (nSPS) is 17.8. The topological polar surface area (TPSA) is 98.2 Å². The summed E-state index contributed by atoms with van der Waals surface area (Å²) >= 11 is 0. The Balaban J connectivity index is 2.06. The Morgan fingerprint density at radius 2 is 1.97 bits per heavy atom. The Kier molecular flexibility index (Phi) is 7.48. The zero-order valence-electron chi connectivity index (χ0n) is 18.7. The first-order valence-corrected chi connectivity index (χ1v) is 10.4. The van der Waals surface area contributed by atoms with Gasteiger partial charge in [-0.25, -0.2) is 0 Å². The predicted octanol–water partition coefficient (Wildman–Crippen LogP) is 3.34. The number of aliphatic hydroxyl groups excluding tert-OH is 1. The van der Waals surface area contributed by atoms with E-state index in [0.29, 0.717) is 42.2 Å². The number of ether oxygens (including phenoxy) is 3. The summed E-state index contributed by atoms with van der Waals surface area (Å²) < 4.78 is 16.2. The fraction of sp³-hybridized carbons (Fsp3) is 0.375. The zero-order valence-corrected chi connectivity index (χ0v) is 18.7. The summed E-state index contributed by atoms with van der Waals surface area (Å²) in [6.07, 6.45) is 3.82. The number of Topliss-reactive ketones (excluding diaryl/α,β-unsaturated/α-hetero) is 1. The van der Waals surface area contributed by atoms with Gasteiger partial charge in [0.25, 0.3) is 11.7 Å². The highest BCUT2D eigenvalue weighted by Crippen LogP contribution is 2.41. The van der Waals surface area contributed by atoms with Gasteiger partial charge in [-0.05, 0) is 44.0 Å². The van der Waals surface area contributed by atoms with Gasteiger partial charge in [0.05, 0.1) is 37.5 Å². The second-order valence-electron chi connectivity index (χ2n) is 7.62. The molecule has 1 aromatic carbocycles. The van der Waals surface area contributed by atoms with Crippen molar-refractivity contribution in [2.75, 3.05) is 27.4 Å². The second kappa shape index (κ2) is 10.3. The molecule has 1 aliphatic heterocycles. The maximum Gasteiger partial charge on any atom is 0.295 e. The van der Waals surface area contributed by atoms with Gasteiger partial charge < -0.3 is 24.2 Å². The standard InChI is InChI=1S/C24H28N2O6/c1-15(2)32-12-6-11-26-21(16-7-5-10-25-14-16)20(23(28)24(26)29)22(27)18-9-8-17(30-3)13-19(18)31-4/h5,7-10,13-15,21,27H,6,11-12H2,1-4H3/b22-20-. The molecule has 1 amide bonds. The molecule has 1 N–H and O–H groups in total. The van der Waals surface area contributed by atoms with Gasteiger partial charge in [0.2, 0.25) is 0 Å². The van der Waals surface area contributed by atoms with E-state index < -0.39 is 17.7 Å². The van der Waals surface area contributed by atoms with Gasteiger partial charge in [-0.3, -0.25) is 14.6 Å². The van der Waals surface area contributed by atoms with Crippen molar-refractivity contribution in [3.8, 4) is 11.5 Å². The van der Waals surface area contributed by atoms with Crippen LogP contribution in [0.1, 0.15) is 37.4 Å². The highest BCUT2D eigenvalue weighted by Gasteiger charge is 2.46. The summed E-state index contributed by atoms with van der Waals surface area (Å²) in [6, 6.07) is 7.58. The Labute approximate surface area is 187 Å². The predicted molar refractivity (Wildman–Crippen MR) is 118 cm³/mol. The molecule has 8 heteroatoms. The number of hydrogen-bond donors (Lipinski definition) is 1. The quantitative estimate of drug-likeness (QED) is 0.276. The first-order chi connectivity index (χ1) is 15.4. The number of hydrogen-bond acceptors (Lipinski definition) is 7. The van der Waals surface area contributed by atoms with Crippen molar-refractivity contribution in [1.29, 1.82) is 0 Å². The van der Waals surface area contributed by atoms with Crippen molar-refractivity contribution in [3.63, 3.8) is 0 Å². The summed E-state index contributed by atoms with van der Waals surface area (Å²) in [4.78, 5) is 31.6. The molecule has 0 radical (unpaired) electrons. The van der Waals surface area contributed by atoms with Gasteiger partial charge in [0.15, 0.2) is 0 Å². The number of pyridine rings is 1. The van der Waals surface area contributed by atoms with Gasteiger partial charge in [0.1, 0.15) is 17.3 Å². The Hall–Kier alpha value is -3.39. The number of aliphatic hydroxyl groups is 1. The van der Waals surface area contributed by atoms with Crippen molar-refractivity contribution < 1.29 is 28.9 Å². The van der Waals surface area contributed by atoms with E-state index in [-0.39, 0.29) is 17.4 Å². The average Bonchev–Trinajstić information content (AvgIpc) is 3.06. The molecule has 3 rings (SSSR count). The number of amides is 1. The van der Waals surface area contributed by atoms with Gasteiger partial charge in [-0.15, -0.1) is 0 Å². The minimum Gasteiger partial charge on any atom is -0.507 e. The molecule has 1 aliphatic rings. The van der Waals surface area contributed by atoms with Crippen LogP contribution in [0.3, 0.4) is 0 Å². The molecule has 1 saturated heterocycles. The Bertz CT molecular complexity index is 1000. The van der Waals surface area contributed by atoms with Crippen LogP contribution in [0.2, 0.25) is 0 Å². The maximum absolute atomic E-state index is 13.1. The van der Waals surface area contributed by atoms with Crippen molar-refractivity contribution in [2.45, 2.75) is 32.4 Å². The largest absolute Gasteiger partial charge is 0.507 e. The molecular weight excluding hydrogens is 412 g/mol. The summed E-state index contributed by atoms with van der Waals surface area (Å²) in [5.74, 6) is -0.870. The second-order valence-corrected chi connectivity index (χ2v) is 7.62. The smallest absolute Gasteiger partial charge is 0.295 e. The van der Waals surface area contributed by atoms with E-state index in [1.807, 2.05) is 13.8 Å². The van der Waals surface area contributed by atoms with Crippen LogP contribution in [0.4, 0.5) is 0 Å². The van der Waals surface area contributed by atoms with E-state index in [1.54, 1.807) is 42.7 Å². The van der Waals surface area contributed by atoms with Crippen molar-refractivity contribution in [3.05, 3.63) is 59.4 Å². The third-order valence-electron chi connectivity index (χ3n) is 5.20. The molecular formula is C24H28N2O6. The van der Waals surface area contributed by atoms with E-state index in [1.165, 1.54) is 19.1 Å². The van der Waals surface area contributed by atoms with Crippen LogP contribution < -0.4 is 9.47 Å². The number of aromatic nitrogens is 1. The molecule has 0 spiro atoms. The van der Waals surface area contributed by atoms with Crippen LogP contribution >= 0.6 is 0 Å². The molecule has 2 aromatic rings. The number of methoxy groups -OCH3 is 2. The number of ketones is 1. The molecule has 0 saturated carbocycles. The van der Waals surface area contributed by atoms with Crippen LogP contribution in [-0.4, -0.2) is 60.2 Å². The highest BCUT2D eigenvalue weighted by atomic mass is 16.5. The first kappa shape index (κ1) is 23.3.